The van der Waals surface area contributed by atoms with Gasteiger partial charge in [-0.2, -0.15) is 8.78 Å². The summed E-state index contributed by atoms with van der Waals surface area (Å²) in [6.45, 7) is 3.37. The number of para-hydroxylation sites is 1. The van der Waals surface area contributed by atoms with Crippen LogP contribution in [0.1, 0.15) is 20.3 Å². The minimum atomic E-state index is -2.59. The number of amides is 2. The highest BCUT2D eigenvalue weighted by Gasteiger charge is 2.39. The zero-order valence-electron chi connectivity index (χ0n) is 11.7. The predicted octanol–water partition coefficient (Wildman–Crippen LogP) is 2.63. The fraction of sp³-hybridized carbons (Fsp3) is 0.429. The summed E-state index contributed by atoms with van der Waals surface area (Å²) in [6, 6.07) is 5.07. The second kappa shape index (κ2) is 6.43. The molecule has 21 heavy (non-hydrogen) atoms. The van der Waals surface area contributed by atoms with Gasteiger partial charge in [-0.3, -0.25) is 14.5 Å². The third kappa shape index (κ3) is 3.18. The lowest BCUT2D eigenvalue weighted by molar-refractivity contribution is -0.133. The largest absolute Gasteiger partial charge is 0.343 e. The molecule has 0 bridgehead atoms. The standard InChI is InChI=1S/C14H16F2N2O2S/c1-3-9-13(20)18(8(2)12(19)17-9)10-6-4-5-7-11(10)21-14(15)16/h4-9,14H,3H2,1-2H3,(H,17,19). The number of thioether (sulfide) groups is 1. The van der Waals surface area contributed by atoms with Gasteiger partial charge in [-0.15, -0.1) is 0 Å². The van der Waals surface area contributed by atoms with E-state index in [-0.39, 0.29) is 16.7 Å². The second-order valence-electron chi connectivity index (χ2n) is 4.70. The molecule has 0 spiro atoms. The van der Waals surface area contributed by atoms with Crippen molar-refractivity contribution in [2.75, 3.05) is 4.90 Å². The van der Waals surface area contributed by atoms with Gasteiger partial charge in [-0.1, -0.05) is 30.8 Å². The lowest BCUT2D eigenvalue weighted by Crippen LogP contribution is -2.62. The normalized spacial score (nSPS) is 22.6. The maximum absolute atomic E-state index is 12.7. The van der Waals surface area contributed by atoms with Crippen molar-refractivity contribution in [3.8, 4) is 0 Å². The Hall–Kier alpha value is -1.63. The molecule has 2 amide bonds. The van der Waals surface area contributed by atoms with E-state index >= 15 is 0 Å². The van der Waals surface area contributed by atoms with E-state index in [9.17, 15) is 18.4 Å². The van der Waals surface area contributed by atoms with Gasteiger partial charge in [0.05, 0.1) is 5.69 Å². The van der Waals surface area contributed by atoms with Crippen molar-refractivity contribution in [3.63, 3.8) is 0 Å². The zero-order chi connectivity index (χ0) is 15.6. The number of benzene rings is 1. The first-order valence-electron chi connectivity index (χ1n) is 6.63. The lowest BCUT2D eigenvalue weighted by Gasteiger charge is -2.37. The molecule has 114 valence electrons. The minimum Gasteiger partial charge on any atom is -0.343 e. The SMILES string of the molecule is CCC1NC(=O)C(C)N(c2ccccc2SC(F)F)C1=O. The van der Waals surface area contributed by atoms with Crippen LogP contribution in [0.15, 0.2) is 29.2 Å². The second-order valence-corrected chi connectivity index (χ2v) is 5.73. The highest BCUT2D eigenvalue weighted by molar-refractivity contribution is 7.99. The van der Waals surface area contributed by atoms with Gasteiger partial charge in [0.2, 0.25) is 11.8 Å². The molecule has 2 rings (SSSR count). The van der Waals surface area contributed by atoms with E-state index in [1.165, 1.54) is 11.0 Å². The summed E-state index contributed by atoms with van der Waals surface area (Å²) in [5, 5.41) is 2.64. The van der Waals surface area contributed by atoms with Gasteiger partial charge in [0, 0.05) is 4.90 Å². The van der Waals surface area contributed by atoms with E-state index in [0.29, 0.717) is 23.9 Å². The molecule has 1 aromatic carbocycles. The quantitative estimate of drug-likeness (QED) is 0.869. The van der Waals surface area contributed by atoms with E-state index < -0.39 is 17.8 Å². The van der Waals surface area contributed by atoms with Crippen molar-refractivity contribution in [2.24, 2.45) is 0 Å². The van der Waals surface area contributed by atoms with Gasteiger partial charge >= 0.3 is 0 Å². The zero-order valence-corrected chi connectivity index (χ0v) is 12.5. The minimum absolute atomic E-state index is 0.271. The van der Waals surface area contributed by atoms with Crippen LogP contribution in [0.3, 0.4) is 0 Å². The van der Waals surface area contributed by atoms with Crippen molar-refractivity contribution in [1.82, 2.24) is 5.32 Å². The first kappa shape index (κ1) is 15.8. The number of rotatable bonds is 4. The van der Waals surface area contributed by atoms with Gasteiger partial charge in [0.25, 0.3) is 5.76 Å². The van der Waals surface area contributed by atoms with Crippen LogP contribution >= 0.6 is 11.8 Å². The molecule has 1 aromatic rings. The highest BCUT2D eigenvalue weighted by atomic mass is 32.2. The van der Waals surface area contributed by atoms with E-state index in [2.05, 4.69) is 5.32 Å². The fourth-order valence-corrected chi connectivity index (χ4v) is 2.92. The topological polar surface area (TPSA) is 49.4 Å². The molecule has 1 aliphatic heterocycles. The van der Waals surface area contributed by atoms with Crippen LogP contribution in [0, 0.1) is 0 Å². The summed E-state index contributed by atoms with van der Waals surface area (Å²) in [5.74, 6) is -3.14. The lowest BCUT2D eigenvalue weighted by atomic mass is 10.1. The van der Waals surface area contributed by atoms with Crippen LogP contribution in [0.5, 0.6) is 0 Å². The third-order valence-corrected chi connectivity index (χ3v) is 4.15. The Morgan fingerprint density at radius 2 is 2.00 bits per heavy atom. The van der Waals surface area contributed by atoms with Crippen molar-refractivity contribution >= 4 is 29.3 Å². The molecule has 1 aliphatic rings. The summed E-state index contributed by atoms with van der Waals surface area (Å²) in [7, 11) is 0. The molecule has 1 fully saturated rings. The van der Waals surface area contributed by atoms with E-state index in [4.69, 9.17) is 0 Å². The number of nitrogens with one attached hydrogen (secondary N) is 1. The Balaban J connectivity index is 2.42. The Labute approximate surface area is 125 Å². The average Bonchev–Trinajstić information content (AvgIpc) is 2.44. The molecule has 2 unspecified atom stereocenters. The molecule has 1 saturated heterocycles. The van der Waals surface area contributed by atoms with Crippen molar-refractivity contribution in [2.45, 2.75) is 43.0 Å². The van der Waals surface area contributed by atoms with E-state index in [1.807, 2.05) is 0 Å². The average molecular weight is 314 g/mol. The predicted molar refractivity (Wildman–Crippen MR) is 77.5 cm³/mol. The molecule has 0 aliphatic carbocycles. The summed E-state index contributed by atoms with van der Waals surface area (Å²) in [4.78, 5) is 26.0. The number of alkyl halides is 2. The molecule has 1 N–H and O–H groups in total. The Morgan fingerprint density at radius 1 is 1.33 bits per heavy atom. The number of halogens is 2. The molecule has 1 heterocycles. The molecule has 0 radical (unpaired) electrons. The van der Waals surface area contributed by atoms with Crippen molar-refractivity contribution < 1.29 is 18.4 Å². The van der Waals surface area contributed by atoms with Crippen LogP contribution in [0.4, 0.5) is 14.5 Å². The molecule has 4 nitrogen and oxygen atoms in total. The monoisotopic (exact) mass is 314 g/mol. The summed E-state index contributed by atoms with van der Waals surface area (Å²) < 4.78 is 25.3. The van der Waals surface area contributed by atoms with E-state index in [0.717, 1.165) is 0 Å². The van der Waals surface area contributed by atoms with Crippen LogP contribution in [-0.2, 0) is 9.59 Å². The summed E-state index contributed by atoms with van der Waals surface area (Å²) >= 11 is 0.374. The van der Waals surface area contributed by atoms with Gasteiger partial charge in [-0.05, 0) is 25.5 Å². The molecular weight excluding hydrogens is 298 g/mol. The number of carbonyl (C=O) groups excluding carboxylic acids is 2. The first-order valence-corrected chi connectivity index (χ1v) is 7.51. The number of nitrogens with zero attached hydrogens (tertiary/aromatic N) is 1. The molecule has 7 heteroatoms. The van der Waals surface area contributed by atoms with Crippen LogP contribution in [0.2, 0.25) is 0 Å². The molecule has 0 aromatic heterocycles. The van der Waals surface area contributed by atoms with Crippen LogP contribution in [0.25, 0.3) is 0 Å². The van der Waals surface area contributed by atoms with Gasteiger partial charge < -0.3 is 5.32 Å². The number of piperazine rings is 1. The maximum Gasteiger partial charge on any atom is 0.288 e. The third-order valence-electron chi connectivity index (χ3n) is 3.37. The number of hydrogen-bond donors (Lipinski definition) is 1. The van der Waals surface area contributed by atoms with Crippen LogP contribution < -0.4 is 10.2 Å². The van der Waals surface area contributed by atoms with Crippen molar-refractivity contribution in [3.05, 3.63) is 24.3 Å². The summed E-state index contributed by atoms with van der Waals surface area (Å²) in [6.07, 6.45) is 0.456. The molecular formula is C14H16F2N2O2S. The van der Waals surface area contributed by atoms with Gasteiger partial charge in [0.1, 0.15) is 12.1 Å². The Kier molecular flexibility index (Phi) is 4.82. The van der Waals surface area contributed by atoms with E-state index in [1.54, 1.807) is 32.0 Å². The first-order chi connectivity index (χ1) is 9.95. The smallest absolute Gasteiger partial charge is 0.288 e. The Bertz CT molecular complexity index is 554. The number of carbonyl (C=O) groups is 2. The van der Waals surface area contributed by atoms with Gasteiger partial charge in [-0.25, -0.2) is 0 Å². The number of hydrogen-bond acceptors (Lipinski definition) is 3. The Morgan fingerprint density at radius 3 is 2.62 bits per heavy atom. The highest BCUT2D eigenvalue weighted by Crippen LogP contribution is 2.35. The summed E-state index contributed by atoms with van der Waals surface area (Å²) in [5.41, 5.74) is 0.355. The van der Waals surface area contributed by atoms with Crippen LogP contribution in [-0.4, -0.2) is 29.7 Å². The van der Waals surface area contributed by atoms with Crippen molar-refractivity contribution in [1.29, 1.82) is 0 Å². The maximum atomic E-state index is 12.7. The fourth-order valence-electron chi connectivity index (χ4n) is 2.29. The molecule has 2 atom stereocenters. The number of anilines is 1. The molecule has 0 saturated carbocycles. The van der Waals surface area contributed by atoms with Gasteiger partial charge in [0.15, 0.2) is 0 Å².